The van der Waals surface area contributed by atoms with Crippen molar-refractivity contribution in [2.24, 2.45) is 0 Å². The van der Waals surface area contributed by atoms with Gasteiger partial charge >= 0.3 is 6.36 Å². The summed E-state index contributed by atoms with van der Waals surface area (Å²) >= 11 is 11.9. The molecule has 7 nitrogen and oxygen atoms in total. The second kappa shape index (κ2) is 8.99. The molecule has 2 amide bonds. The maximum Gasteiger partial charge on any atom is 0.573 e. The van der Waals surface area contributed by atoms with Crippen molar-refractivity contribution in [3.8, 4) is 5.75 Å². The Morgan fingerprint density at radius 1 is 1.09 bits per heavy atom. The van der Waals surface area contributed by atoms with Gasteiger partial charge in [-0.25, -0.2) is 17.5 Å². The first-order valence-electron chi connectivity index (χ1n) is 9.00. The number of likely N-dealkylation sites (tertiary alicyclic amines) is 1. The van der Waals surface area contributed by atoms with Crippen LogP contribution in [0.3, 0.4) is 0 Å². The smallest absolute Gasteiger partial charge is 0.404 e. The molecular formula is C19H14Cl2F4N2O5S. The molecule has 3 rings (SSSR count). The third kappa shape index (κ3) is 6.06. The Balaban J connectivity index is 1.70. The molecule has 33 heavy (non-hydrogen) atoms. The second-order valence-corrected chi connectivity index (χ2v) is 9.72. The van der Waals surface area contributed by atoms with Gasteiger partial charge in [0.25, 0.3) is 11.8 Å². The predicted octanol–water partition coefficient (Wildman–Crippen LogP) is 3.96. The Labute approximate surface area is 195 Å². The van der Waals surface area contributed by atoms with Crippen LogP contribution in [0.25, 0.3) is 0 Å². The Kier molecular flexibility index (Phi) is 6.83. The van der Waals surface area contributed by atoms with Crippen molar-refractivity contribution >= 4 is 45.0 Å². The molecule has 2 aromatic carbocycles. The van der Waals surface area contributed by atoms with Crippen molar-refractivity contribution in [2.75, 3.05) is 19.3 Å². The van der Waals surface area contributed by atoms with Crippen molar-refractivity contribution in [1.29, 1.82) is 0 Å². The summed E-state index contributed by atoms with van der Waals surface area (Å²) < 4.78 is 79.1. The fourth-order valence-electron chi connectivity index (χ4n) is 3.11. The number of nitrogens with zero attached hydrogens (tertiary/aromatic N) is 1. The summed E-state index contributed by atoms with van der Waals surface area (Å²) in [6.07, 6.45) is -4.17. The van der Waals surface area contributed by atoms with Gasteiger partial charge in [-0.05, 0) is 29.8 Å². The minimum atomic E-state index is -4.89. The van der Waals surface area contributed by atoms with E-state index in [9.17, 15) is 35.6 Å². The minimum absolute atomic E-state index is 0.156. The number of halogens is 6. The molecule has 0 radical (unpaired) electrons. The van der Waals surface area contributed by atoms with Gasteiger partial charge in [-0.1, -0.05) is 29.3 Å². The molecule has 2 aromatic rings. The van der Waals surface area contributed by atoms with Crippen molar-refractivity contribution in [3.63, 3.8) is 0 Å². The molecule has 0 spiro atoms. The lowest BCUT2D eigenvalue weighted by Crippen LogP contribution is -2.48. The van der Waals surface area contributed by atoms with Crippen LogP contribution in [0.2, 0.25) is 10.0 Å². The zero-order valence-corrected chi connectivity index (χ0v) is 18.9. The van der Waals surface area contributed by atoms with Crippen LogP contribution in [0.4, 0.5) is 17.6 Å². The number of hydrogen-bond donors (Lipinski definition) is 1. The Hall–Kier alpha value is -2.57. The van der Waals surface area contributed by atoms with Gasteiger partial charge in [0.15, 0.2) is 0 Å². The summed E-state index contributed by atoms with van der Waals surface area (Å²) in [5.41, 5.74) is -0.321. The van der Waals surface area contributed by atoms with Crippen molar-refractivity contribution < 1.29 is 40.3 Å². The molecule has 0 saturated carbocycles. The first-order valence-corrected chi connectivity index (χ1v) is 11.6. The number of alkyl halides is 3. The van der Waals surface area contributed by atoms with Gasteiger partial charge in [0.1, 0.15) is 11.6 Å². The molecule has 0 atom stereocenters. The van der Waals surface area contributed by atoms with Crippen LogP contribution in [0, 0.1) is 5.82 Å². The quantitative estimate of drug-likeness (QED) is 0.593. The summed E-state index contributed by atoms with van der Waals surface area (Å²) in [6.45, 7) is 0.311. The fraction of sp³-hybridized carbons (Fsp3) is 0.263. The molecule has 1 saturated heterocycles. The number of carbonyl (C=O) groups is 2. The third-order valence-electron chi connectivity index (χ3n) is 4.63. The third-order valence-corrected chi connectivity index (χ3v) is 5.80. The van der Waals surface area contributed by atoms with Crippen LogP contribution < -0.4 is 9.46 Å². The van der Waals surface area contributed by atoms with Gasteiger partial charge in [-0.2, -0.15) is 0 Å². The van der Waals surface area contributed by atoms with Crippen LogP contribution in [0.15, 0.2) is 30.3 Å². The van der Waals surface area contributed by atoms with Crippen LogP contribution in [-0.4, -0.2) is 50.8 Å². The number of benzene rings is 2. The predicted molar refractivity (Wildman–Crippen MR) is 110 cm³/mol. The molecule has 0 aromatic heterocycles. The Morgan fingerprint density at radius 3 is 2.27 bits per heavy atom. The second-order valence-electron chi connectivity index (χ2n) is 7.16. The number of sulfonamides is 1. The fourth-order valence-corrected chi connectivity index (χ4v) is 4.03. The van der Waals surface area contributed by atoms with Crippen LogP contribution >= 0.6 is 23.2 Å². The van der Waals surface area contributed by atoms with Crippen molar-refractivity contribution in [1.82, 2.24) is 9.62 Å². The zero-order valence-electron chi connectivity index (χ0n) is 16.5. The van der Waals surface area contributed by atoms with E-state index in [1.165, 1.54) is 17.0 Å². The average Bonchev–Trinajstić information content (AvgIpc) is 2.61. The van der Waals surface area contributed by atoms with Gasteiger partial charge < -0.3 is 9.64 Å². The normalized spacial score (nSPS) is 14.6. The molecular weight excluding hydrogens is 515 g/mol. The lowest BCUT2D eigenvalue weighted by atomic mass is 9.90. The maximum atomic E-state index is 14.4. The monoisotopic (exact) mass is 528 g/mol. The Morgan fingerprint density at radius 2 is 1.73 bits per heavy atom. The molecule has 1 fully saturated rings. The summed E-state index contributed by atoms with van der Waals surface area (Å²) in [6, 6.07) is 5.34. The Bertz CT molecular complexity index is 1230. The first kappa shape index (κ1) is 25.1. The van der Waals surface area contributed by atoms with E-state index in [2.05, 4.69) is 4.74 Å². The van der Waals surface area contributed by atoms with Gasteiger partial charge in [0.2, 0.25) is 10.0 Å². The molecule has 14 heteroatoms. The van der Waals surface area contributed by atoms with Crippen LogP contribution in [-0.2, 0) is 10.0 Å². The molecule has 1 aliphatic heterocycles. The van der Waals surface area contributed by atoms with Crippen LogP contribution in [0.1, 0.15) is 32.2 Å². The zero-order chi connectivity index (χ0) is 24.7. The first-order chi connectivity index (χ1) is 15.1. The standard InChI is InChI=1S/C19H14Cl2F4N2O5S/c1-33(30,31)26-17(28)12-5-13(20)11(6-15(12)22)18(29)27-7-10(8-27)9-2-3-16(14(21)4-9)32-19(23,24)25/h2-6,10H,7-8H2,1H3,(H,26,28). The van der Waals surface area contributed by atoms with Crippen molar-refractivity contribution in [2.45, 2.75) is 12.3 Å². The van der Waals surface area contributed by atoms with Gasteiger partial charge in [0.05, 0.1) is 27.4 Å². The topological polar surface area (TPSA) is 92.8 Å². The lowest BCUT2D eigenvalue weighted by Gasteiger charge is -2.40. The summed E-state index contributed by atoms with van der Waals surface area (Å²) in [5, 5.41) is -0.511. The van der Waals surface area contributed by atoms with Crippen molar-refractivity contribution in [3.05, 3.63) is 62.9 Å². The largest absolute Gasteiger partial charge is 0.573 e. The van der Waals surface area contributed by atoms with E-state index in [1.807, 2.05) is 0 Å². The number of ether oxygens (including phenoxy) is 1. The molecule has 178 valence electrons. The van der Waals surface area contributed by atoms with E-state index in [-0.39, 0.29) is 34.6 Å². The highest BCUT2D eigenvalue weighted by atomic mass is 35.5. The number of amides is 2. The van der Waals surface area contributed by atoms with E-state index in [1.54, 1.807) is 4.72 Å². The lowest BCUT2D eigenvalue weighted by molar-refractivity contribution is -0.274. The summed E-state index contributed by atoms with van der Waals surface area (Å²) in [5.74, 6) is -3.83. The SMILES string of the molecule is CS(=O)(=O)NC(=O)c1cc(Cl)c(C(=O)N2CC(c3ccc(OC(F)(F)F)c(Cl)c3)C2)cc1F. The molecule has 0 bridgehead atoms. The van der Waals surface area contributed by atoms with Gasteiger partial charge in [-0.3, -0.25) is 9.59 Å². The molecule has 0 unspecified atom stereocenters. The van der Waals surface area contributed by atoms with E-state index in [0.29, 0.717) is 11.8 Å². The van der Waals surface area contributed by atoms with E-state index >= 15 is 0 Å². The molecule has 1 aliphatic rings. The number of carbonyl (C=O) groups excluding carboxylic acids is 2. The molecule has 1 N–H and O–H groups in total. The van der Waals surface area contributed by atoms with E-state index in [0.717, 1.165) is 18.2 Å². The number of rotatable bonds is 5. The van der Waals surface area contributed by atoms with E-state index in [4.69, 9.17) is 23.2 Å². The minimum Gasteiger partial charge on any atom is -0.404 e. The highest BCUT2D eigenvalue weighted by Gasteiger charge is 2.35. The number of nitrogens with one attached hydrogen (secondary N) is 1. The summed E-state index contributed by atoms with van der Waals surface area (Å²) in [4.78, 5) is 25.9. The van der Waals surface area contributed by atoms with Gasteiger partial charge in [0, 0.05) is 19.0 Å². The van der Waals surface area contributed by atoms with E-state index < -0.39 is 45.3 Å². The molecule has 0 aliphatic carbocycles. The maximum absolute atomic E-state index is 14.4. The van der Waals surface area contributed by atoms with Gasteiger partial charge in [-0.15, -0.1) is 13.2 Å². The molecule has 1 heterocycles. The highest BCUT2D eigenvalue weighted by molar-refractivity contribution is 7.89. The number of hydrogen-bond acceptors (Lipinski definition) is 5. The van der Waals surface area contributed by atoms with Crippen LogP contribution in [0.5, 0.6) is 5.75 Å². The highest BCUT2D eigenvalue weighted by Crippen LogP contribution is 2.36. The average molecular weight is 529 g/mol. The summed E-state index contributed by atoms with van der Waals surface area (Å²) in [7, 11) is -3.94.